The molecule has 0 aliphatic heterocycles. The van der Waals surface area contributed by atoms with E-state index in [-0.39, 0.29) is 10.8 Å². The van der Waals surface area contributed by atoms with Crippen molar-refractivity contribution in [3.05, 3.63) is 14.7 Å². The fraction of sp³-hybridized carbons (Fsp3) is 0.545. The lowest BCUT2D eigenvalue weighted by Gasteiger charge is -2.19. The Hall–Kier alpha value is -0.440. The van der Waals surface area contributed by atoms with Crippen molar-refractivity contribution >= 4 is 43.3 Å². The van der Waals surface area contributed by atoms with Crippen LogP contribution >= 0.6 is 27.3 Å². The minimum Gasteiger partial charge on any atom is -0.480 e. The molecule has 0 aliphatic rings. The van der Waals surface area contributed by atoms with Crippen LogP contribution in [0.5, 0.6) is 0 Å². The second-order valence-corrected chi connectivity index (χ2v) is 8.61. The summed E-state index contributed by atoms with van der Waals surface area (Å²) in [7, 11) is -3.82. The zero-order chi connectivity index (χ0) is 14.8. The second-order valence-electron chi connectivity index (χ2n) is 4.29. The van der Waals surface area contributed by atoms with Gasteiger partial charge in [-0.1, -0.05) is 20.3 Å². The van der Waals surface area contributed by atoms with E-state index in [9.17, 15) is 13.2 Å². The number of halogens is 1. The smallest absolute Gasteiger partial charge is 0.322 e. The van der Waals surface area contributed by atoms with Gasteiger partial charge in [-0.15, -0.1) is 11.3 Å². The normalized spacial score (nSPS) is 15.2. The van der Waals surface area contributed by atoms with E-state index >= 15 is 0 Å². The molecule has 19 heavy (non-hydrogen) atoms. The highest BCUT2D eigenvalue weighted by Crippen LogP contribution is 2.30. The lowest BCUT2D eigenvalue weighted by atomic mass is 10.0. The first-order chi connectivity index (χ1) is 8.69. The maximum Gasteiger partial charge on any atom is 0.322 e. The van der Waals surface area contributed by atoms with E-state index in [1.165, 1.54) is 17.4 Å². The van der Waals surface area contributed by atoms with Crippen LogP contribution in [0.4, 0.5) is 0 Å². The summed E-state index contributed by atoms with van der Waals surface area (Å²) in [4.78, 5) is 11.9. The minimum absolute atomic E-state index is 0.124. The number of rotatable bonds is 6. The number of thiophene rings is 1. The molecule has 1 aromatic rings. The number of aliphatic carboxylic acids is 1. The van der Waals surface area contributed by atoms with Crippen molar-refractivity contribution in [3.8, 4) is 0 Å². The van der Waals surface area contributed by atoms with Crippen molar-refractivity contribution in [2.45, 2.75) is 38.1 Å². The SMILES string of the molecule is CCC(C)[C@H](NS(=O)(=O)c1cc(Br)sc1C)C(=O)O. The number of aryl methyl sites for hydroxylation is 1. The average molecular weight is 370 g/mol. The van der Waals surface area contributed by atoms with Crippen LogP contribution in [0, 0.1) is 12.8 Å². The average Bonchev–Trinajstić information content (AvgIpc) is 2.65. The van der Waals surface area contributed by atoms with Gasteiger partial charge in [-0.05, 0) is 34.8 Å². The third kappa shape index (κ3) is 4.01. The van der Waals surface area contributed by atoms with Gasteiger partial charge >= 0.3 is 5.97 Å². The molecule has 2 atom stereocenters. The molecule has 0 saturated carbocycles. The van der Waals surface area contributed by atoms with Crippen molar-refractivity contribution in [1.82, 2.24) is 4.72 Å². The van der Waals surface area contributed by atoms with Gasteiger partial charge in [0.25, 0.3) is 0 Å². The summed E-state index contributed by atoms with van der Waals surface area (Å²) in [6.07, 6.45) is 0.575. The Bertz CT molecular complexity index is 567. The van der Waals surface area contributed by atoms with E-state index in [2.05, 4.69) is 20.7 Å². The van der Waals surface area contributed by atoms with E-state index in [0.717, 1.165) is 0 Å². The number of nitrogens with one attached hydrogen (secondary N) is 1. The van der Waals surface area contributed by atoms with Gasteiger partial charge in [0.1, 0.15) is 6.04 Å². The van der Waals surface area contributed by atoms with Gasteiger partial charge in [-0.25, -0.2) is 8.42 Å². The monoisotopic (exact) mass is 369 g/mol. The van der Waals surface area contributed by atoms with E-state index < -0.39 is 22.0 Å². The summed E-state index contributed by atoms with van der Waals surface area (Å²) in [6.45, 7) is 5.21. The second kappa shape index (κ2) is 6.34. The van der Waals surface area contributed by atoms with E-state index in [4.69, 9.17) is 5.11 Å². The summed E-state index contributed by atoms with van der Waals surface area (Å²) in [5.41, 5.74) is 0. The first kappa shape index (κ1) is 16.6. The molecule has 0 saturated heterocycles. The zero-order valence-corrected chi connectivity index (χ0v) is 14.0. The molecule has 5 nitrogen and oxygen atoms in total. The lowest BCUT2D eigenvalue weighted by Crippen LogP contribution is -2.44. The molecule has 0 radical (unpaired) electrons. The highest BCUT2D eigenvalue weighted by Gasteiger charge is 2.30. The Morgan fingerprint density at radius 3 is 2.53 bits per heavy atom. The Kier molecular flexibility index (Phi) is 5.54. The molecular weight excluding hydrogens is 354 g/mol. The topological polar surface area (TPSA) is 83.5 Å². The molecule has 1 unspecified atom stereocenters. The fourth-order valence-corrected chi connectivity index (χ4v) is 5.29. The molecule has 0 aliphatic carbocycles. The van der Waals surface area contributed by atoms with Crippen LogP contribution in [0.2, 0.25) is 0 Å². The van der Waals surface area contributed by atoms with Crippen molar-refractivity contribution in [1.29, 1.82) is 0 Å². The quantitative estimate of drug-likeness (QED) is 0.806. The van der Waals surface area contributed by atoms with Crippen LogP contribution in [0.15, 0.2) is 14.7 Å². The van der Waals surface area contributed by atoms with E-state index in [1.807, 2.05) is 6.92 Å². The van der Waals surface area contributed by atoms with Crippen molar-refractivity contribution in [3.63, 3.8) is 0 Å². The summed E-state index contributed by atoms with van der Waals surface area (Å²) in [5.74, 6) is -1.44. The Balaban J connectivity index is 3.08. The molecule has 108 valence electrons. The fourth-order valence-electron chi connectivity index (χ4n) is 1.57. The zero-order valence-electron chi connectivity index (χ0n) is 10.8. The highest BCUT2D eigenvalue weighted by atomic mass is 79.9. The van der Waals surface area contributed by atoms with Crippen LogP contribution in [0.1, 0.15) is 25.1 Å². The van der Waals surface area contributed by atoms with Crippen LogP contribution in [-0.2, 0) is 14.8 Å². The molecular formula is C11H16BrNO4S2. The number of carbonyl (C=O) groups is 1. The van der Waals surface area contributed by atoms with Gasteiger partial charge in [0.15, 0.2) is 0 Å². The Morgan fingerprint density at radius 2 is 2.16 bits per heavy atom. The molecule has 1 rings (SSSR count). The van der Waals surface area contributed by atoms with Gasteiger partial charge in [0, 0.05) is 4.88 Å². The summed E-state index contributed by atoms with van der Waals surface area (Å²) in [6, 6.07) is 0.366. The lowest BCUT2D eigenvalue weighted by molar-refractivity contribution is -0.140. The Labute approximate surface area is 125 Å². The third-order valence-corrected chi connectivity index (χ3v) is 6.14. The Morgan fingerprint density at radius 1 is 1.58 bits per heavy atom. The predicted octanol–water partition coefficient (Wildman–Crippen LogP) is 2.60. The number of carboxylic acids is 1. The number of hydrogen-bond acceptors (Lipinski definition) is 4. The predicted molar refractivity (Wildman–Crippen MR) is 78.0 cm³/mol. The first-order valence-electron chi connectivity index (χ1n) is 5.70. The molecule has 8 heteroatoms. The van der Waals surface area contributed by atoms with Crippen molar-refractivity contribution in [2.24, 2.45) is 5.92 Å². The van der Waals surface area contributed by atoms with Crippen LogP contribution in [0.3, 0.4) is 0 Å². The van der Waals surface area contributed by atoms with Gasteiger partial charge < -0.3 is 5.11 Å². The molecule has 0 bridgehead atoms. The summed E-state index contributed by atoms with van der Waals surface area (Å²) >= 11 is 4.52. The van der Waals surface area contributed by atoms with Crippen LogP contribution in [-0.4, -0.2) is 25.5 Å². The molecule has 1 aromatic heterocycles. The van der Waals surface area contributed by atoms with Gasteiger partial charge in [-0.2, -0.15) is 4.72 Å². The molecule has 0 fully saturated rings. The summed E-state index contributed by atoms with van der Waals surface area (Å²) < 4.78 is 27.4. The van der Waals surface area contributed by atoms with E-state index in [1.54, 1.807) is 13.8 Å². The van der Waals surface area contributed by atoms with Crippen LogP contribution in [0.25, 0.3) is 0 Å². The van der Waals surface area contributed by atoms with Crippen LogP contribution < -0.4 is 4.72 Å². The standard InChI is InChI=1S/C11H16BrNO4S2/c1-4-6(2)10(11(14)15)13-19(16,17)8-5-9(12)18-7(8)3/h5-6,10,13H,4H2,1-3H3,(H,14,15)/t6?,10-/m0/s1. The maximum atomic E-state index is 12.2. The van der Waals surface area contributed by atoms with Gasteiger partial charge in [0.2, 0.25) is 10.0 Å². The minimum atomic E-state index is -3.82. The first-order valence-corrected chi connectivity index (χ1v) is 8.79. The van der Waals surface area contributed by atoms with Gasteiger partial charge in [0.05, 0.1) is 8.68 Å². The molecule has 0 amide bonds. The third-order valence-electron chi connectivity index (χ3n) is 2.89. The van der Waals surface area contributed by atoms with Crippen molar-refractivity contribution < 1.29 is 18.3 Å². The number of sulfonamides is 1. The summed E-state index contributed by atoms with van der Waals surface area (Å²) in [5, 5.41) is 9.13. The molecule has 0 spiro atoms. The van der Waals surface area contributed by atoms with Gasteiger partial charge in [-0.3, -0.25) is 4.79 Å². The van der Waals surface area contributed by atoms with Crippen molar-refractivity contribution in [2.75, 3.05) is 0 Å². The number of carboxylic acid groups (broad SMARTS) is 1. The maximum absolute atomic E-state index is 12.2. The molecule has 0 aromatic carbocycles. The highest BCUT2D eigenvalue weighted by molar-refractivity contribution is 9.11. The number of hydrogen-bond donors (Lipinski definition) is 2. The molecule has 2 N–H and O–H groups in total. The largest absolute Gasteiger partial charge is 0.480 e. The van der Waals surface area contributed by atoms with E-state index in [0.29, 0.717) is 15.1 Å². The molecule has 1 heterocycles.